The van der Waals surface area contributed by atoms with Gasteiger partial charge in [-0.15, -0.1) is 5.11 Å². The Bertz CT molecular complexity index is 1280. The van der Waals surface area contributed by atoms with E-state index in [-0.39, 0.29) is 47.3 Å². The number of ketones is 3. The fourth-order valence-corrected chi connectivity index (χ4v) is 7.30. The monoisotopic (exact) mass is 540 g/mol. The number of carbonyl (C=O) groups excluding carboxylic acids is 4. The second-order valence-electron chi connectivity index (χ2n) is 11.5. The topological polar surface area (TPSA) is 191 Å². The van der Waals surface area contributed by atoms with Crippen LogP contribution in [0.3, 0.4) is 0 Å². The Balaban J connectivity index is 0.000000229. The Morgan fingerprint density at radius 2 is 1.97 bits per heavy atom. The Hall–Kier alpha value is -3.51. The van der Waals surface area contributed by atoms with Gasteiger partial charge in [0, 0.05) is 37.3 Å². The molecule has 4 aliphatic rings. The molecule has 0 radical (unpaired) electrons. The van der Waals surface area contributed by atoms with Crippen LogP contribution in [0.1, 0.15) is 56.4 Å². The second-order valence-corrected chi connectivity index (χ2v) is 11.5. The minimum atomic E-state index is -1.62. The van der Waals surface area contributed by atoms with Crippen molar-refractivity contribution in [2.24, 2.45) is 44.7 Å². The standard InChI is InChI=1S/C21H26O5.C6H10N6O/c1-19-7-5-13(23)9-12(19)3-4-14-15-6-8-21(26,17(25)11-22)20(15,2)10-16(24)18(14)19;1-12(2)11-10-6-4(5(7)13)8-3-9-6/h5,7,9,14-15,18,22,26H,3-4,6,8,10-11H2,1-2H3;3H,1-2H3,(H2,7,13)(H,8,9)/t14-,15-,18+,19-,20-,21-;/m0./s1. The SMILES string of the molecule is CN(C)N=Nc1nc[nH]c1C(N)=O.C[C@]12C=CC(=O)C=C1CC[C@@H]1[C@@H]2C(=O)C[C@@]2(C)[C@H]1CC[C@]2(O)C(=O)CO. The summed E-state index contributed by atoms with van der Waals surface area (Å²) in [5.74, 6) is -1.00. The average molecular weight is 541 g/mol. The third-order valence-electron chi connectivity index (χ3n) is 9.20. The number of fused-ring (bicyclic) bond motifs is 5. The van der Waals surface area contributed by atoms with Crippen LogP contribution in [-0.4, -0.2) is 74.8 Å². The highest BCUT2D eigenvalue weighted by molar-refractivity contribution is 6.02. The molecule has 0 saturated heterocycles. The molecule has 6 atom stereocenters. The van der Waals surface area contributed by atoms with Crippen molar-refractivity contribution >= 4 is 29.1 Å². The number of rotatable bonds is 5. The molecule has 1 heterocycles. The van der Waals surface area contributed by atoms with E-state index in [1.165, 1.54) is 11.3 Å². The van der Waals surface area contributed by atoms with Crippen molar-refractivity contribution < 1.29 is 29.4 Å². The molecule has 0 spiro atoms. The lowest BCUT2D eigenvalue weighted by molar-refractivity contribution is -0.168. The number of imidazole rings is 1. The number of hydrogen-bond acceptors (Lipinski definition) is 9. The van der Waals surface area contributed by atoms with E-state index < -0.39 is 34.7 Å². The van der Waals surface area contributed by atoms with Gasteiger partial charge in [0.2, 0.25) is 5.82 Å². The van der Waals surface area contributed by atoms with Gasteiger partial charge in [0.15, 0.2) is 17.3 Å². The molecule has 12 nitrogen and oxygen atoms in total. The summed E-state index contributed by atoms with van der Waals surface area (Å²) in [6.45, 7) is 3.19. The maximum absolute atomic E-state index is 13.3. The van der Waals surface area contributed by atoms with Crippen LogP contribution in [0.15, 0.2) is 40.5 Å². The minimum absolute atomic E-state index is 0.0206. The molecule has 12 heteroatoms. The molecular formula is C27H36N6O6. The van der Waals surface area contributed by atoms with Gasteiger partial charge in [-0.2, -0.15) is 0 Å². The lowest BCUT2D eigenvalue weighted by Gasteiger charge is -2.56. The van der Waals surface area contributed by atoms with Gasteiger partial charge < -0.3 is 20.9 Å². The number of hydrogen-bond donors (Lipinski definition) is 4. The van der Waals surface area contributed by atoms with E-state index >= 15 is 0 Å². The summed E-state index contributed by atoms with van der Waals surface area (Å²) < 4.78 is 0. The maximum atomic E-state index is 13.3. The van der Waals surface area contributed by atoms with E-state index in [4.69, 9.17) is 5.73 Å². The number of H-pyrrole nitrogens is 1. The van der Waals surface area contributed by atoms with Crippen LogP contribution in [0.2, 0.25) is 0 Å². The van der Waals surface area contributed by atoms with Gasteiger partial charge in [0.1, 0.15) is 18.0 Å². The van der Waals surface area contributed by atoms with Crippen LogP contribution < -0.4 is 5.73 Å². The van der Waals surface area contributed by atoms with E-state index in [2.05, 4.69) is 20.3 Å². The van der Waals surface area contributed by atoms with Crippen LogP contribution in [0, 0.1) is 28.6 Å². The zero-order valence-electron chi connectivity index (χ0n) is 22.7. The number of carbonyl (C=O) groups is 4. The zero-order valence-corrected chi connectivity index (χ0v) is 22.7. The molecule has 3 fully saturated rings. The first-order valence-corrected chi connectivity index (χ1v) is 13.0. The van der Waals surface area contributed by atoms with Crippen molar-refractivity contribution in [1.29, 1.82) is 0 Å². The lowest BCUT2D eigenvalue weighted by Crippen LogP contribution is -2.60. The van der Waals surface area contributed by atoms with Crippen LogP contribution >= 0.6 is 0 Å². The summed E-state index contributed by atoms with van der Waals surface area (Å²) >= 11 is 0. The predicted octanol–water partition coefficient (Wildman–Crippen LogP) is 1.83. The number of amides is 1. The fraction of sp³-hybridized carbons (Fsp3) is 0.593. The highest BCUT2D eigenvalue weighted by atomic mass is 16.3. The molecule has 0 unspecified atom stereocenters. The maximum Gasteiger partial charge on any atom is 0.269 e. The number of aromatic amines is 1. The van der Waals surface area contributed by atoms with Crippen LogP contribution in [0.4, 0.5) is 5.82 Å². The molecule has 0 aromatic carbocycles. The van der Waals surface area contributed by atoms with Gasteiger partial charge in [0.25, 0.3) is 5.91 Å². The number of nitrogens with zero attached hydrogens (tertiary/aromatic N) is 4. The summed E-state index contributed by atoms with van der Waals surface area (Å²) in [6.07, 6.45) is 9.16. The summed E-state index contributed by atoms with van der Waals surface area (Å²) in [7, 11) is 3.42. The first kappa shape index (κ1) is 28.5. The molecule has 1 aromatic heterocycles. The van der Waals surface area contributed by atoms with E-state index in [1.807, 2.05) is 19.9 Å². The highest BCUT2D eigenvalue weighted by Crippen LogP contribution is 2.66. The molecular weight excluding hydrogens is 504 g/mol. The lowest BCUT2D eigenvalue weighted by atomic mass is 9.46. The van der Waals surface area contributed by atoms with E-state index in [0.29, 0.717) is 12.8 Å². The first-order chi connectivity index (χ1) is 18.3. The molecule has 1 amide bonds. The molecule has 1 aromatic rings. The quantitative estimate of drug-likeness (QED) is 0.321. The van der Waals surface area contributed by atoms with Crippen molar-refractivity contribution in [2.75, 3.05) is 20.7 Å². The second kappa shape index (κ2) is 10.2. The van der Waals surface area contributed by atoms with Gasteiger partial charge >= 0.3 is 0 Å². The van der Waals surface area contributed by atoms with E-state index in [0.717, 1.165) is 18.4 Å². The Morgan fingerprint density at radius 3 is 2.62 bits per heavy atom. The Morgan fingerprint density at radius 1 is 1.26 bits per heavy atom. The van der Waals surface area contributed by atoms with Crippen molar-refractivity contribution in [3.63, 3.8) is 0 Å². The van der Waals surface area contributed by atoms with Crippen LogP contribution in [0.5, 0.6) is 0 Å². The summed E-state index contributed by atoms with van der Waals surface area (Å²) in [5, 5.41) is 29.3. The number of nitrogens with two attached hydrogens (primary N) is 1. The minimum Gasteiger partial charge on any atom is -0.388 e. The molecule has 39 heavy (non-hydrogen) atoms. The summed E-state index contributed by atoms with van der Waals surface area (Å²) in [4.78, 5) is 54.5. The number of aliphatic hydroxyl groups excluding tert-OH is 1. The third-order valence-corrected chi connectivity index (χ3v) is 9.20. The van der Waals surface area contributed by atoms with E-state index in [9.17, 15) is 29.4 Å². The normalized spacial score (nSPS) is 34.9. The smallest absolute Gasteiger partial charge is 0.269 e. The van der Waals surface area contributed by atoms with Gasteiger partial charge in [-0.1, -0.05) is 30.7 Å². The molecule has 3 saturated carbocycles. The number of allylic oxidation sites excluding steroid dienone is 4. The molecule has 4 aliphatic carbocycles. The van der Waals surface area contributed by atoms with Crippen molar-refractivity contribution in [3.05, 3.63) is 35.8 Å². The molecule has 5 rings (SSSR count). The zero-order chi connectivity index (χ0) is 28.8. The molecule has 210 valence electrons. The van der Waals surface area contributed by atoms with E-state index in [1.54, 1.807) is 26.2 Å². The molecule has 0 bridgehead atoms. The number of aromatic nitrogens is 2. The Labute approximate surface area is 226 Å². The largest absolute Gasteiger partial charge is 0.388 e. The van der Waals surface area contributed by atoms with Crippen molar-refractivity contribution in [2.45, 2.75) is 51.6 Å². The van der Waals surface area contributed by atoms with Gasteiger partial charge in [0.05, 0.1) is 6.33 Å². The predicted molar refractivity (Wildman–Crippen MR) is 139 cm³/mol. The summed E-state index contributed by atoms with van der Waals surface area (Å²) in [6, 6.07) is 0. The third kappa shape index (κ3) is 4.65. The highest BCUT2D eigenvalue weighted by Gasteiger charge is 2.68. The summed E-state index contributed by atoms with van der Waals surface area (Å²) in [5.41, 5.74) is 3.34. The number of aliphatic hydroxyl groups is 2. The molecule has 5 N–H and O–H groups in total. The van der Waals surface area contributed by atoms with Gasteiger partial charge in [-0.05, 0) is 49.7 Å². The molecule has 0 aliphatic heterocycles. The van der Waals surface area contributed by atoms with Gasteiger partial charge in [-0.25, -0.2) is 4.98 Å². The van der Waals surface area contributed by atoms with Crippen LogP contribution in [0.25, 0.3) is 0 Å². The fourth-order valence-electron chi connectivity index (χ4n) is 7.30. The number of Topliss-reactive ketones (excluding diaryl/α,β-unsaturated/α-hetero) is 2. The van der Waals surface area contributed by atoms with Gasteiger partial charge in [-0.3, -0.25) is 24.2 Å². The number of nitrogens with one attached hydrogen (secondary N) is 1. The Kier molecular flexibility index (Phi) is 7.48. The van der Waals surface area contributed by atoms with Crippen LogP contribution in [-0.2, 0) is 14.4 Å². The number of primary amides is 1. The average Bonchev–Trinajstić information content (AvgIpc) is 3.46. The van der Waals surface area contributed by atoms with Crippen molar-refractivity contribution in [3.8, 4) is 0 Å². The van der Waals surface area contributed by atoms with Crippen molar-refractivity contribution in [1.82, 2.24) is 15.0 Å². The first-order valence-electron chi connectivity index (χ1n) is 13.0.